The van der Waals surface area contributed by atoms with E-state index in [0.717, 1.165) is 5.56 Å². The van der Waals surface area contributed by atoms with Crippen LogP contribution in [-0.4, -0.2) is 33.0 Å². The fourth-order valence-electron chi connectivity index (χ4n) is 1.82. The van der Waals surface area contributed by atoms with E-state index < -0.39 is 0 Å². The van der Waals surface area contributed by atoms with Gasteiger partial charge in [-0.1, -0.05) is 5.16 Å². The molecule has 0 atom stereocenters. The van der Waals surface area contributed by atoms with Crippen LogP contribution >= 0.6 is 0 Å². The first-order chi connectivity index (χ1) is 10.2. The van der Waals surface area contributed by atoms with E-state index in [-0.39, 0.29) is 12.5 Å². The maximum Gasteiger partial charge on any atom is 0.257 e. The minimum Gasteiger partial charge on any atom is -0.472 e. The number of carbonyl (C=O) groups is 1. The third-order valence-electron chi connectivity index (χ3n) is 2.89. The predicted octanol–water partition coefficient (Wildman–Crippen LogP) is 2.00. The zero-order valence-electron chi connectivity index (χ0n) is 11.3. The summed E-state index contributed by atoms with van der Waals surface area (Å²) in [6, 6.07) is 5.18. The zero-order chi connectivity index (χ0) is 14.7. The average Bonchev–Trinajstić information content (AvgIpc) is 3.19. The van der Waals surface area contributed by atoms with Gasteiger partial charge in [-0.25, -0.2) is 0 Å². The summed E-state index contributed by atoms with van der Waals surface area (Å²) in [7, 11) is 1.66. The fraction of sp³-hybridized carbons (Fsp3) is 0.143. The van der Waals surface area contributed by atoms with Gasteiger partial charge in [0.1, 0.15) is 6.26 Å². The maximum atomic E-state index is 12.1. The van der Waals surface area contributed by atoms with Gasteiger partial charge < -0.3 is 13.8 Å². The molecule has 3 rings (SSSR count). The summed E-state index contributed by atoms with van der Waals surface area (Å²) in [5, 5.41) is 3.89. The monoisotopic (exact) mass is 284 g/mol. The minimum absolute atomic E-state index is 0.174. The molecule has 3 aromatic heterocycles. The molecule has 106 valence electrons. The number of pyridine rings is 1. The molecule has 0 bridgehead atoms. The van der Waals surface area contributed by atoms with Gasteiger partial charge in [0.25, 0.3) is 5.91 Å². The zero-order valence-corrected chi connectivity index (χ0v) is 11.3. The van der Waals surface area contributed by atoms with Crippen LogP contribution in [0.2, 0.25) is 0 Å². The van der Waals surface area contributed by atoms with E-state index in [1.165, 1.54) is 17.4 Å². The van der Waals surface area contributed by atoms with Crippen molar-refractivity contribution in [1.29, 1.82) is 0 Å². The second kappa shape index (κ2) is 5.58. The summed E-state index contributed by atoms with van der Waals surface area (Å²) in [6.45, 7) is 0.224. The van der Waals surface area contributed by atoms with Crippen LogP contribution < -0.4 is 0 Å². The van der Waals surface area contributed by atoms with Crippen LogP contribution in [0, 0.1) is 0 Å². The van der Waals surface area contributed by atoms with E-state index in [0.29, 0.717) is 17.3 Å². The van der Waals surface area contributed by atoms with Gasteiger partial charge in [-0.2, -0.15) is 4.98 Å². The maximum absolute atomic E-state index is 12.1. The van der Waals surface area contributed by atoms with Crippen molar-refractivity contribution in [2.24, 2.45) is 0 Å². The van der Waals surface area contributed by atoms with Crippen LogP contribution in [0.15, 0.2) is 52.1 Å². The van der Waals surface area contributed by atoms with E-state index in [1.807, 2.05) is 0 Å². The Morgan fingerprint density at radius 1 is 1.29 bits per heavy atom. The number of hydrogen-bond donors (Lipinski definition) is 0. The smallest absolute Gasteiger partial charge is 0.257 e. The van der Waals surface area contributed by atoms with E-state index in [2.05, 4.69) is 15.1 Å². The molecule has 0 spiro atoms. The molecular formula is C14H12N4O3. The minimum atomic E-state index is -0.174. The Balaban J connectivity index is 1.71. The molecule has 0 saturated heterocycles. The molecule has 0 unspecified atom stereocenters. The van der Waals surface area contributed by atoms with E-state index >= 15 is 0 Å². The summed E-state index contributed by atoms with van der Waals surface area (Å²) in [6.07, 6.45) is 6.16. The number of aromatic nitrogens is 3. The van der Waals surface area contributed by atoms with Gasteiger partial charge in [0, 0.05) is 25.0 Å². The largest absolute Gasteiger partial charge is 0.472 e. The lowest BCUT2D eigenvalue weighted by molar-refractivity contribution is 0.0769. The Morgan fingerprint density at radius 3 is 2.81 bits per heavy atom. The van der Waals surface area contributed by atoms with Crippen LogP contribution in [0.25, 0.3) is 11.4 Å². The highest BCUT2D eigenvalue weighted by Gasteiger charge is 2.16. The normalized spacial score (nSPS) is 10.5. The molecule has 0 aliphatic rings. The first kappa shape index (κ1) is 13.0. The molecule has 3 aromatic rings. The molecule has 7 nitrogen and oxygen atoms in total. The number of rotatable bonds is 4. The van der Waals surface area contributed by atoms with E-state index in [1.54, 1.807) is 37.6 Å². The summed E-state index contributed by atoms with van der Waals surface area (Å²) in [5.74, 6) is 0.658. The van der Waals surface area contributed by atoms with Crippen LogP contribution in [0.3, 0.4) is 0 Å². The standard InChI is InChI=1S/C14H12N4O3/c1-18(14(19)11-4-7-20-9-11)8-12-16-13(17-21-12)10-2-5-15-6-3-10/h2-7,9H,8H2,1H3. The summed E-state index contributed by atoms with van der Waals surface area (Å²) in [4.78, 5) is 21.7. The van der Waals surface area contributed by atoms with Crippen molar-refractivity contribution < 1.29 is 13.7 Å². The third kappa shape index (κ3) is 2.81. The molecule has 0 aliphatic heterocycles. The Morgan fingerprint density at radius 2 is 2.10 bits per heavy atom. The first-order valence-corrected chi connectivity index (χ1v) is 6.24. The van der Waals surface area contributed by atoms with E-state index in [9.17, 15) is 4.79 Å². The van der Waals surface area contributed by atoms with Crippen molar-refractivity contribution in [3.05, 3.63) is 54.6 Å². The quantitative estimate of drug-likeness (QED) is 0.728. The molecule has 0 fully saturated rings. The Bertz CT molecular complexity index is 722. The summed E-state index contributed by atoms with van der Waals surface area (Å²) in [5.41, 5.74) is 1.29. The lowest BCUT2D eigenvalue weighted by Crippen LogP contribution is -2.25. The first-order valence-electron chi connectivity index (χ1n) is 6.24. The number of carbonyl (C=O) groups excluding carboxylic acids is 1. The van der Waals surface area contributed by atoms with E-state index in [4.69, 9.17) is 8.94 Å². The van der Waals surface area contributed by atoms with Gasteiger partial charge in [0.05, 0.1) is 18.4 Å². The third-order valence-corrected chi connectivity index (χ3v) is 2.89. The van der Waals surface area contributed by atoms with Gasteiger partial charge in [-0.15, -0.1) is 0 Å². The summed E-state index contributed by atoms with van der Waals surface area (Å²) >= 11 is 0. The molecule has 3 heterocycles. The fourth-order valence-corrected chi connectivity index (χ4v) is 1.82. The second-order valence-electron chi connectivity index (χ2n) is 4.42. The topological polar surface area (TPSA) is 85.3 Å². The van der Waals surface area contributed by atoms with Gasteiger partial charge in [-0.05, 0) is 18.2 Å². The Kier molecular flexibility index (Phi) is 3.46. The number of hydrogen-bond acceptors (Lipinski definition) is 6. The van der Waals surface area contributed by atoms with Crippen LogP contribution in [0.5, 0.6) is 0 Å². The highest BCUT2D eigenvalue weighted by Crippen LogP contribution is 2.15. The van der Waals surface area contributed by atoms with Gasteiger partial charge in [-0.3, -0.25) is 9.78 Å². The Hall–Kier alpha value is -2.96. The summed E-state index contributed by atoms with van der Waals surface area (Å²) < 4.78 is 10.1. The molecule has 0 aromatic carbocycles. The van der Waals surface area contributed by atoms with Crippen molar-refractivity contribution in [2.45, 2.75) is 6.54 Å². The second-order valence-corrected chi connectivity index (χ2v) is 4.42. The van der Waals surface area contributed by atoms with Gasteiger partial charge >= 0.3 is 0 Å². The van der Waals surface area contributed by atoms with Crippen LogP contribution in [-0.2, 0) is 6.54 Å². The molecule has 0 radical (unpaired) electrons. The van der Waals surface area contributed by atoms with Crippen molar-refractivity contribution in [1.82, 2.24) is 20.0 Å². The predicted molar refractivity (Wildman–Crippen MR) is 72.0 cm³/mol. The molecule has 7 heteroatoms. The lowest BCUT2D eigenvalue weighted by atomic mass is 10.2. The molecule has 0 saturated carbocycles. The molecule has 0 N–H and O–H groups in total. The van der Waals surface area contributed by atoms with Crippen molar-refractivity contribution in [3.63, 3.8) is 0 Å². The number of nitrogens with zero attached hydrogens (tertiary/aromatic N) is 4. The van der Waals surface area contributed by atoms with Crippen molar-refractivity contribution in [3.8, 4) is 11.4 Å². The molecule has 0 aliphatic carbocycles. The lowest BCUT2D eigenvalue weighted by Gasteiger charge is -2.12. The van der Waals surface area contributed by atoms with Gasteiger partial charge in [0.2, 0.25) is 11.7 Å². The molecule has 1 amide bonds. The highest BCUT2D eigenvalue weighted by molar-refractivity contribution is 5.93. The van der Waals surface area contributed by atoms with Crippen molar-refractivity contribution >= 4 is 5.91 Å². The molecular weight excluding hydrogens is 272 g/mol. The number of amides is 1. The Labute approximate surface area is 120 Å². The number of furan rings is 1. The van der Waals surface area contributed by atoms with Crippen molar-refractivity contribution in [2.75, 3.05) is 7.05 Å². The average molecular weight is 284 g/mol. The SMILES string of the molecule is CN(Cc1nc(-c2ccncc2)no1)C(=O)c1ccoc1. The van der Waals surface area contributed by atoms with Crippen LogP contribution in [0.4, 0.5) is 0 Å². The van der Waals surface area contributed by atoms with Gasteiger partial charge in [0.15, 0.2) is 0 Å². The van der Waals surface area contributed by atoms with Crippen LogP contribution in [0.1, 0.15) is 16.2 Å². The highest BCUT2D eigenvalue weighted by atomic mass is 16.5. The molecule has 21 heavy (non-hydrogen) atoms.